The van der Waals surface area contributed by atoms with Gasteiger partial charge in [-0.05, 0) is 49.0 Å². The van der Waals surface area contributed by atoms with Gasteiger partial charge in [-0.3, -0.25) is 0 Å². The van der Waals surface area contributed by atoms with Crippen LogP contribution in [0.15, 0.2) is 70.7 Å². The number of rotatable bonds is 6. The molecule has 4 rings (SSSR count). The number of benzene rings is 2. The summed E-state index contributed by atoms with van der Waals surface area (Å²) in [6.45, 7) is 1.94. The summed E-state index contributed by atoms with van der Waals surface area (Å²) in [5.41, 5.74) is 2.24. The number of carboxylic acids is 1. The quantitative estimate of drug-likeness (QED) is 0.340. The minimum atomic E-state index is -1.11. The van der Waals surface area contributed by atoms with E-state index in [0.717, 1.165) is 5.56 Å². The molecule has 1 atom stereocenters. The Morgan fingerprint density at radius 2 is 1.88 bits per heavy atom. The van der Waals surface area contributed by atoms with Crippen LogP contribution in [-0.2, 0) is 9.53 Å². The highest BCUT2D eigenvalue weighted by molar-refractivity contribution is 7.80. The second-order valence-corrected chi connectivity index (χ2v) is 7.92. The van der Waals surface area contributed by atoms with Crippen molar-refractivity contribution >= 4 is 46.6 Å². The van der Waals surface area contributed by atoms with Gasteiger partial charge in [-0.2, -0.15) is 0 Å². The molecule has 3 N–H and O–H groups in total. The highest BCUT2D eigenvalue weighted by Crippen LogP contribution is 2.35. The van der Waals surface area contributed by atoms with Crippen LogP contribution in [0.2, 0.25) is 5.02 Å². The van der Waals surface area contributed by atoms with Crippen molar-refractivity contribution in [3.05, 3.63) is 88.1 Å². The summed E-state index contributed by atoms with van der Waals surface area (Å²) in [6, 6.07) is 16.6. The number of thiocarbonyl (C=S) groups is 1. The fraction of sp³-hybridized carbons (Fsp3) is 0.125. The molecule has 0 saturated carbocycles. The second-order valence-electron chi connectivity index (χ2n) is 7.11. The summed E-state index contributed by atoms with van der Waals surface area (Å²) in [5, 5.41) is 15.8. The average Bonchev–Trinajstić information content (AvgIpc) is 3.29. The first-order valence-electron chi connectivity index (χ1n) is 10.1. The zero-order valence-corrected chi connectivity index (χ0v) is 19.0. The molecule has 33 heavy (non-hydrogen) atoms. The molecule has 7 nitrogen and oxygen atoms in total. The van der Waals surface area contributed by atoms with Crippen LogP contribution in [-0.4, -0.2) is 28.8 Å². The van der Waals surface area contributed by atoms with E-state index in [0.29, 0.717) is 33.5 Å². The number of carboxylic acid groups (broad SMARTS) is 1. The van der Waals surface area contributed by atoms with E-state index in [-0.39, 0.29) is 17.2 Å². The Hall–Kier alpha value is -3.62. The smallest absolute Gasteiger partial charge is 0.338 e. The molecule has 0 aliphatic carbocycles. The van der Waals surface area contributed by atoms with Crippen LogP contribution in [0.4, 0.5) is 0 Å². The van der Waals surface area contributed by atoms with E-state index in [1.165, 1.54) is 12.1 Å². The first-order chi connectivity index (χ1) is 15.9. The maximum Gasteiger partial charge on any atom is 0.338 e. The lowest BCUT2D eigenvalue weighted by atomic mass is 9.96. The summed E-state index contributed by atoms with van der Waals surface area (Å²) >= 11 is 11.5. The molecule has 0 saturated heterocycles. The second kappa shape index (κ2) is 9.48. The number of esters is 1. The van der Waals surface area contributed by atoms with Crippen molar-refractivity contribution in [1.82, 2.24) is 10.6 Å². The topological polar surface area (TPSA) is 101 Å². The van der Waals surface area contributed by atoms with E-state index in [2.05, 4.69) is 10.6 Å². The molecule has 1 aliphatic heterocycles. The SMILES string of the molecule is CCOC(=O)C1=C(c2ccccc2)NC(=S)N[C@H]1c1ccc(-c2ccc(C(=O)O)c(Cl)c2)o1. The zero-order chi connectivity index (χ0) is 23.5. The largest absolute Gasteiger partial charge is 0.478 e. The van der Waals surface area contributed by atoms with Crippen LogP contribution in [0.5, 0.6) is 0 Å². The van der Waals surface area contributed by atoms with Crippen LogP contribution < -0.4 is 10.6 Å². The normalized spacial score (nSPS) is 15.6. The van der Waals surface area contributed by atoms with Crippen molar-refractivity contribution in [2.45, 2.75) is 13.0 Å². The minimum Gasteiger partial charge on any atom is -0.478 e. The molecule has 0 amide bonds. The van der Waals surface area contributed by atoms with Gasteiger partial charge >= 0.3 is 11.9 Å². The highest BCUT2D eigenvalue weighted by atomic mass is 35.5. The lowest BCUT2D eigenvalue weighted by Gasteiger charge is -2.29. The Morgan fingerprint density at radius 1 is 1.12 bits per heavy atom. The fourth-order valence-corrected chi connectivity index (χ4v) is 4.03. The molecule has 1 aromatic heterocycles. The first-order valence-corrected chi connectivity index (χ1v) is 10.8. The predicted octanol–water partition coefficient (Wildman–Crippen LogP) is 4.79. The molecule has 0 fully saturated rings. The van der Waals surface area contributed by atoms with Crippen LogP contribution in [0.1, 0.15) is 34.6 Å². The number of halogens is 1. The van der Waals surface area contributed by atoms with Gasteiger partial charge in [-0.25, -0.2) is 9.59 Å². The number of aromatic carboxylic acids is 1. The van der Waals surface area contributed by atoms with Gasteiger partial charge in [-0.1, -0.05) is 48.0 Å². The van der Waals surface area contributed by atoms with Gasteiger partial charge in [0.1, 0.15) is 17.6 Å². The average molecular weight is 483 g/mol. The molecule has 0 radical (unpaired) electrons. The Bertz CT molecular complexity index is 1270. The third-order valence-electron chi connectivity index (χ3n) is 5.03. The lowest BCUT2D eigenvalue weighted by molar-refractivity contribution is -0.138. The van der Waals surface area contributed by atoms with Gasteiger partial charge in [0.25, 0.3) is 0 Å². The predicted molar refractivity (Wildman–Crippen MR) is 128 cm³/mol. The Kier molecular flexibility index (Phi) is 6.48. The summed E-state index contributed by atoms with van der Waals surface area (Å²) in [4.78, 5) is 24.2. The third kappa shape index (κ3) is 4.62. The minimum absolute atomic E-state index is 0.00222. The molecule has 2 heterocycles. The van der Waals surface area contributed by atoms with E-state index < -0.39 is 18.0 Å². The van der Waals surface area contributed by atoms with Gasteiger partial charge < -0.3 is 24.9 Å². The van der Waals surface area contributed by atoms with E-state index >= 15 is 0 Å². The van der Waals surface area contributed by atoms with Gasteiger partial charge in [0, 0.05) is 5.56 Å². The summed E-state index contributed by atoms with van der Waals surface area (Å²) in [5.74, 6) is -0.726. The van der Waals surface area contributed by atoms with Gasteiger partial charge in [0.15, 0.2) is 5.11 Å². The number of carbonyl (C=O) groups excluding carboxylic acids is 1. The van der Waals surface area contributed by atoms with Crippen molar-refractivity contribution in [3.8, 4) is 11.3 Å². The van der Waals surface area contributed by atoms with Gasteiger partial charge in [0.05, 0.1) is 28.5 Å². The molecule has 1 aliphatic rings. The molecular formula is C24H19ClN2O5S. The highest BCUT2D eigenvalue weighted by Gasteiger charge is 2.35. The summed E-state index contributed by atoms with van der Waals surface area (Å²) in [7, 11) is 0. The van der Waals surface area contributed by atoms with Crippen molar-refractivity contribution < 1.29 is 23.8 Å². The number of hydrogen-bond acceptors (Lipinski definition) is 5. The first kappa shape index (κ1) is 22.6. The van der Waals surface area contributed by atoms with E-state index in [4.69, 9.17) is 33.0 Å². The molecule has 3 aromatic rings. The van der Waals surface area contributed by atoms with Gasteiger partial charge in [-0.15, -0.1) is 0 Å². The molecule has 168 valence electrons. The van der Waals surface area contributed by atoms with Crippen molar-refractivity contribution in [1.29, 1.82) is 0 Å². The maximum atomic E-state index is 13.0. The standard InChI is InChI=1S/C24H19ClN2O5S/c1-2-31-23(30)19-20(13-6-4-3-5-7-13)26-24(33)27-21(19)18-11-10-17(32-18)14-8-9-15(22(28)29)16(25)12-14/h3-12,21H,2H2,1H3,(H,28,29)(H2,26,27,33)/t21-/m0/s1. The summed E-state index contributed by atoms with van der Waals surface area (Å²) < 4.78 is 11.4. The monoisotopic (exact) mass is 482 g/mol. The number of nitrogens with one attached hydrogen (secondary N) is 2. The fourth-order valence-electron chi connectivity index (χ4n) is 3.54. The van der Waals surface area contributed by atoms with Crippen LogP contribution >= 0.6 is 23.8 Å². The Balaban J connectivity index is 1.78. The molecule has 2 aromatic carbocycles. The zero-order valence-electron chi connectivity index (χ0n) is 17.4. The van der Waals surface area contributed by atoms with Crippen molar-refractivity contribution in [2.24, 2.45) is 0 Å². The van der Waals surface area contributed by atoms with E-state index in [9.17, 15) is 14.7 Å². The van der Waals surface area contributed by atoms with Crippen molar-refractivity contribution in [3.63, 3.8) is 0 Å². The molecule has 0 bridgehead atoms. The summed E-state index contributed by atoms with van der Waals surface area (Å²) in [6.07, 6.45) is 0. The third-order valence-corrected chi connectivity index (χ3v) is 5.56. The van der Waals surface area contributed by atoms with E-state index in [1.54, 1.807) is 25.1 Å². The molecular weight excluding hydrogens is 464 g/mol. The lowest BCUT2D eigenvalue weighted by Crippen LogP contribution is -2.45. The van der Waals surface area contributed by atoms with Crippen molar-refractivity contribution in [2.75, 3.05) is 6.61 Å². The van der Waals surface area contributed by atoms with Crippen LogP contribution in [0, 0.1) is 0 Å². The molecule has 9 heteroatoms. The molecule has 0 unspecified atom stereocenters. The molecule has 0 spiro atoms. The van der Waals surface area contributed by atoms with Gasteiger partial charge in [0.2, 0.25) is 0 Å². The number of hydrogen-bond donors (Lipinski definition) is 3. The van der Waals surface area contributed by atoms with Crippen LogP contribution in [0.3, 0.4) is 0 Å². The number of ether oxygens (including phenoxy) is 1. The number of furan rings is 1. The number of carbonyl (C=O) groups is 2. The van der Waals surface area contributed by atoms with Crippen LogP contribution in [0.25, 0.3) is 17.0 Å². The maximum absolute atomic E-state index is 13.0. The van der Waals surface area contributed by atoms with E-state index in [1.807, 2.05) is 30.3 Å². The Morgan fingerprint density at radius 3 is 2.55 bits per heavy atom. The Labute approximate surface area is 200 Å².